The third kappa shape index (κ3) is 6.89. The molecule has 1 N–H and O–H groups in total. The van der Waals surface area contributed by atoms with Gasteiger partial charge in [0.15, 0.2) is 11.5 Å². The van der Waals surface area contributed by atoms with Crippen LogP contribution in [0.25, 0.3) is 0 Å². The SMILES string of the molecule is CCOc1cc(CNCCc2ccc(OC)cc2)cc(Br)c1OCc1ccccc1Cl. The molecule has 0 bridgehead atoms. The minimum absolute atomic E-state index is 0.373. The van der Waals surface area contributed by atoms with Crippen molar-refractivity contribution in [1.29, 1.82) is 0 Å². The molecule has 0 aliphatic carbocycles. The lowest BCUT2D eigenvalue weighted by atomic mass is 10.1. The van der Waals surface area contributed by atoms with Gasteiger partial charge >= 0.3 is 0 Å². The number of halogens is 2. The van der Waals surface area contributed by atoms with Crippen molar-refractivity contribution in [3.05, 3.63) is 86.8 Å². The van der Waals surface area contributed by atoms with Crippen LogP contribution in [0.3, 0.4) is 0 Å². The van der Waals surface area contributed by atoms with Crippen LogP contribution in [0.2, 0.25) is 5.02 Å². The third-order valence-electron chi connectivity index (χ3n) is 4.78. The van der Waals surface area contributed by atoms with E-state index in [1.54, 1.807) is 7.11 Å². The second kappa shape index (κ2) is 12.0. The normalized spacial score (nSPS) is 10.7. The maximum absolute atomic E-state index is 6.25. The van der Waals surface area contributed by atoms with Gasteiger partial charge in [0.2, 0.25) is 0 Å². The maximum atomic E-state index is 6.25. The fourth-order valence-electron chi connectivity index (χ4n) is 3.15. The predicted octanol–water partition coefficient (Wildman–Crippen LogP) is 6.42. The van der Waals surface area contributed by atoms with Crippen LogP contribution >= 0.6 is 27.5 Å². The summed E-state index contributed by atoms with van der Waals surface area (Å²) in [6.07, 6.45) is 0.947. The van der Waals surface area contributed by atoms with Gasteiger partial charge in [0.25, 0.3) is 0 Å². The Morgan fingerprint density at radius 1 is 0.968 bits per heavy atom. The van der Waals surface area contributed by atoms with Gasteiger partial charge in [-0.15, -0.1) is 0 Å². The van der Waals surface area contributed by atoms with Crippen LogP contribution < -0.4 is 19.5 Å². The first-order valence-electron chi connectivity index (χ1n) is 10.3. The Morgan fingerprint density at radius 2 is 1.74 bits per heavy atom. The Bertz CT molecular complexity index is 979. The van der Waals surface area contributed by atoms with E-state index in [9.17, 15) is 0 Å². The van der Waals surface area contributed by atoms with Crippen molar-refractivity contribution in [2.24, 2.45) is 0 Å². The molecule has 0 aromatic heterocycles. The van der Waals surface area contributed by atoms with E-state index in [2.05, 4.69) is 39.4 Å². The highest BCUT2D eigenvalue weighted by molar-refractivity contribution is 9.10. The number of ether oxygens (including phenoxy) is 3. The summed E-state index contributed by atoms with van der Waals surface area (Å²) in [7, 11) is 1.68. The molecule has 6 heteroatoms. The predicted molar refractivity (Wildman–Crippen MR) is 129 cm³/mol. The van der Waals surface area contributed by atoms with Crippen LogP contribution in [-0.2, 0) is 19.6 Å². The van der Waals surface area contributed by atoms with Gasteiger partial charge in [-0.2, -0.15) is 0 Å². The lowest BCUT2D eigenvalue weighted by Crippen LogP contribution is -2.17. The maximum Gasteiger partial charge on any atom is 0.175 e. The average molecular weight is 505 g/mol. The van der Waals surface area contributed by atoms with Crippen molar-refractivity contribution in [2.45, 2.75) is 26.5 Å². The lowest BCUT2D eigenvalue weighted by Gasteiger charge is -2.16. The quantitative estimate of drug-likeness (QED) is 0.306. The summed E-state index contributed by atoms with van der Waals surface area (Å²) in [5.41, 5.74) is 3.32. The molecule has 164 valence electrons. The first-order chi connectivity index (χ1) is 15.1. The molecule has 3 aromatic rings. The molecule has 0 aliphatic heterocycles. The average Bonchev–Trinajstić information content (AvgIpc) is 2.78. The van der Waals surface area contributed by atoms with Crippen LogP contribution in [0.1, 0.15) is 23.6 Å². The summed E-state index contributed by atoms with van der Waals surface area (Å²) in [4.78, 5) is 0. The second-order valence-corrected chi connectivity index (χ2v) is 8.25. The van der Waals surface area contributed by atoms with Crippen molar-refractivity contribution >= 4 is 27.5 Å². The summed E-state index contributed by atoms with van der Waals surface area (Å²) < 4.78 is 18.0. The minimum atomic E-state index is 0.373. The molecule has 0 aliphatic rings. The molecule has 0 radical (unpaired) electrons. The number of methoxy groups -OCH3 is 1. The molecule has 0 saturated carbocycles. The molecule has 3 rings (SSSR count). The van der Waals surface area contributed by atoms with Gasteiger partial charge in [-0.05, 0) is 77.3 Å². The monoisotopic (exact) mass is 503 g/mol. The first kappa shape index (κ1) is 23.5. The van der Waals surface area contributed by atoms with Gasteiger partial charge in [-0.3, -0.25) is 0 Å². The summed E-state index contributed by atoms with van der Waals surface area (Å²) in [5.74, 6) is 2.28. The Labute approximate surface area is 197 Å². The Morgan fingerprint density at radius 3 is 2.45 bits per heavy atom. The van der Waals surface area contributed by atoms with Gasteiger partial charge in [0, 0.05) is 17.1 Å². The molecule has 0 spiro atoms. The van der Waals surface area contributed by atoms with Gasteiger partial charge in [0.05, 0.1) is 18.2 Å². The van der Waals surface area contributed by atoms with Crippen molar-refractivity contribution in [1.82, 2.24) is 5.32 Å². The molecular weight excluding hydrogens is 478 g/mol. The third-order valence-corrected chi connectivity index (χ3v) is 5.74. The van der Waals surface area contributed by atoms with Gasteiger partial charge in [-0.25, -0.2) is 0 Å². The molecule has 0 fully saturated rings. The summed E-state index contributed by atoms with van der Waals surface area (Å²) in [5, 5.41) is 4.18. The smallest absolute Gasteiger partial charge is 0.175 e. The zero-order valence-corrected chi connectivity index (χ0v) is 20.1. The van der Waals surface area contributed by atoms with Crippen molar-refractivity contribution in [3.63, 3.8) is 0 Å². The van der Waals surface area contributed by atoms with E-state index >= 15 is 0 Å². The number of rotatable bonds is 11. The molecule has 0 amide bonds. The standard InChI is InChI=1S/C25H27BrClNO3/c1-3-30-24-15-19(16-28-13-12-18-8-10-21(29-2)11-9-18)14-22(26)25(24)31-17-20-6-4-5-7-23(20)27/h4-11,14-15,28H,3,12-13,16-17H2,1-2H3. The molecule has 3 aromatic carbocycles. The van der Waals surface area contributed by atoms with E-state index < -0.39 is 0 Å². The Hall–Kier alpha value is -2.21. The summed E-state index contributed by atoms with van der Waals surface area (Å²) >= 11 is 9.89. The molecule has 0 unspecified atom stereocenters. The van der Waals surface area contributed by atoms with Gasteiger partial charge in [-0.1, -0.05) is 41.9 Å². The van der Waals surface area contributed by atoms with E-state index in [-0.39, 0.29) is 0 Å². The number of nitrogens with one attached hydrogen (secondary N) is 1. The molecule has 31 heavy (non-hydrogen) atoms. The lowest BCUT2D eigenvalue weighted by molar-refractivity contribution is 0.267. The van der Waals surface area contributed by atoms with Crippen LogP contribution in [-0.4, -0.2) is 20.3 Å². The topological polar surface area (TPSA) is 39.7 Å². The molecule has 0 atom stereocenters. The van der Waals surface area contributed by atoms with E-state index in [0.717, 1.165) is 46.6 Å². The number of hydrogen-bond acceptors (Lipinski definition) is 4. The number of hydrogen-bond donors (Lipinski definition) is 1. The van der Waals surface area contributed by atoms with Crippen LogP contribution in [0.5, 0.6) is 17.2 Å². The van der Waals surface area contributed by atoms with Gasteiger partial charge < -0.3 is 19.5 Å². The molecule has 0 saturated heterocycles. The Kier molecular flexibility index (Phi) is 9.07. The summed E-state index contributed by atoms with van der Waals surface area (Å²) in [6.45, 7) is 4.50. The zero-order valence-electron chi connectivity index (χ0n) is 17.8. The van der Waals surface area contributed by atoms with Crippen LogP contribution in [0.4, 0.5) is 0 Å². The zero-order chi connectivity index (χ0) is 22.1. The molecule has 4 nitrogen and oxygen atoms in total. The molecular formula is C25H27BrClNO3. The fraction of sp³-hybridized carbons (Fsp3) is 0.280. The van der Waals surface area contributed by atoms with E-state index in [0.29, 0.717) is 24.0 Å². The van der Waals surface area contributed by atoms with Gasteiger partial charge in [0.1, 0.15) is 12.4 Å². The van der Waals surface area contributed by atoms with Crippen LogP contribution in [0.15, 0.2) is 65.1 Å². The second-order valence-electron chi connectivity index (χ2n) is 6.99. The van der Waals surface area contributed by atoms with Crippen molar-refractivity contribution < 1.29 is 14.2 Å². The largest absolute Gasteiger partial charge is 0.497 e. The molecule has 0 heterocycles. The Balaban J connectivity index is 1.60. The van der Waals surface area contributed by atoms with E-state index in [1.807, 2.05) is 49.4 Å². The highest BCUT2D eigenvalue weighted by Gasteiger charge is 2.13. The highest BCUT2D eigenvalue weighted by Crippen LogP contribution is 2.37. The van der Waals surface area contributed by atoms with Crippen molar-refractivity contribution in [3.8, 4) is 17.2 Å². The van der Waals surface area contributed by atoms with E-state index in [4.69, 9.17) is 25.8 Å². The summed E-state index contributed by atoms with van der Waals surface area (Å²) in [6, 6.07) is 19.9. The van der Waals surface area contributed by atoms with Crippen LogP contribution in [0, 0.1) is 0 Å². The number of benzene rings is 3. The minimum Gasteiger partial charge on any atom is -0.497 e. The van der Waals surface area contributed by atoms with Crippen molar-refractivity contribution in [2.75, 3.05) is 20.3 Å². The highest BCUT2D eigenvalue weighted by atomic mass is 79.9. The first-order valence-corrected chi connectivity index (χ1v) is 11.4. The fourth-order valence-corrected chi connectivity index (χ4v) is 3.94. The van der Waals surface area contributed by atoms with E-state index in [1.165, 1.54) is 5.56 Å².